The van der Waals surface area contributed by atoms with Crippen molar-refractivity contribution < 1.29 is 4.79 Å². The van der Waals surface area contributed by atoms with Crippen molar-refractivity contribution in [1.82, 2.24) is 19.6 Å². The van der Waals surface area contributed by atoms with Crippen LogP contribution in [0.1, 0.15) is 54.7 Å². The normalized spacial score (nSPS) is 16.5. The number of H-pyrrole nitrogens is 1. The van der Waals surface area contributed by atoms with Crippen molar-refractivity contribution in [2.45, 2.75) is 46.1 Å². The highest BCUT2D eigenvalue weighted by Gasteiger charge is 2.36. The van der Waals surface area contributed by atoms with Crippen molar-refractivity contribution in [3.05, 3.63) is 63.2 Å². The van der Waals surface area contributed by atoms with Crippen LogP contribution < -0.4 is 10.9 Å². The van der Waals surface area contributed by atoms with Crippen LogP contribution >= 0.6 is 0 Å². The number of carbonyl (C=O) groups is 1. The highest BCUT2D eigenvalue weighted by molar-refractivity contribution is 5.94. The SMILES string of the molecule is Cc1nn(-c2ccccc2)c(C)c1C1CC(=O)Nc2c1c(=O)[nH]n2C(C)C. The molecular formula is C20H23N5O2. The number of carbonyl (C=O) groups excluding carboxylic acids is 1. The van der Waals surface area contributed by atoms with E-state index in [2.05, 4.69) is 10.4 Å². The number of fused-ring (bicyclic) bond motifs is 1. The topological polar surface area (TPSA) is 84.7 Å². The number of nitrogens with zero attached hydrogens (tertiary/aromatic N) is 3. The predicted molar refractivity (Wildman–Crippen MR) is 104 cm³/mol. The summed E-state index contributed by atoms with van der Waals surface area (Å²) in [6.07, 6.45) is 0.236. The van der Waals surface area contributed by atoms with Gasteiger partial charge in [0, 0.05) is 29.6 Å². The van der Waals surface area contributed by atoms with Crippen LogP contribution in [0, 0.1) is 13.8 Å². The maximum atomic E-state index is 12.7. The first-order valence-corrected chi connectivity index (χ1v) is 9.14. The van der Waals surface area contributed by atoms with Gasteiger partial charge in [0.1, 0.15) is 5.82 Å². The Kier molecular flexibility index (Phi) is 4.02. The number of aryl methyl sites for hydroxylation is 1. The van der Waals surface area contributed by atoms with Crippen LogP contribution in [-0.2, 0) is 4.79 Å². The van der Waals surface area contributed by atoms with E-state index in [1.54, 1.807) is 4.68 Å². The van der Waals surface area contributed by atoms with E-state index >= 15 is 0 Å². The molecule has 7 heteroatoms. The first-order valence-electron chi connectivity index (χ1n) is 9.14. The van der Waals surface area contributed by atoms with Crippen LogP contribution in [0.15, 0.2) is 35.1 Å². The second-order valence-corrected chi connectivity index (χ2v) is 7.30. The molecule has 0 aliphatic carbocycles. The molecule has 27 heavy (non-hydrogen) atoms. The van der Waals surface area contributed by atoms with Gasteiger partial charge in [0.25, 0.3) is 5.56 Å². The van der Waals surface area contributed by atoms with E-state index in [1.807, 2.05) is 62.7 Å². The number of aromatic nitrogens is 4. The second-order valence-electron chi connectivity index (χ2n) is 7.30. The van der Waals surface area contributed by atoms with E-state index in [0.29, 0.717) is 11.4 Å². The summed E-state index contributed by atoms with van der Waals surface area (Å²) >= 11 is 0. The average Bonchev–Trinajstić information content (AvgIpc) is 3.12. The summed E-state index contributed by atoms with van der Waals surface area (Å²) in [6.45, 7) is 7.86. The maximum absolute atomic E-state index is 12.7. The number of hydrogen-bond acceptors (Lipinski definition) is 3. The van der Waals surface area contributed by atoms with Gasteiger partial charge in [-0.3, -0.25) is 19.4 Å². The molecule has 0 radical (unpaired) electrons. The fourth-order valence-electron chi connectivity index (χ4n) is 4.00. The zero-order valence-corrected chi connectivity index (χ0v) is 15.9. The fraction of sp³-hybridized carbons (Fsp3) is 0.350. The minimum absolute atomic E-state index is 0.0368. The zero-order chi connectivity index (χ0) is 19.3. The molecule has 0 bridgehead atoms. The van der Waals surface area contributed by atoms with Crippen LogP contribution in [0.25, 0.3) is 5.69 Å². The number of para-hydroxylation sites is 1. The number of rotatable bonds is 3. The molecule has 1 amide bonds. The van der Waals surface area contributed by atoms with Gasteiger partial charge in [0.05, 0.1) is 16.9 Å². The highest BCUT2D eigenvalue weighted by atomic mass is 16.2. The summed E-state index contributed by atoms with van der Waals surface area (Å²) in [7, 11) is 0. The summed E-state index contributed by atoms with van der Waals surface area (Å²) in [6, 6.07) is 9.90. The third-order valence-corrected chi connectivity index (χ3v) is 5.17. The molecule has 4 rings (SSSR count). The number of aromatic amines is 1. The Hall–Kier alpha value is -3.09. The van der Waals surface area contributed by atoms with Gasteiger partial charge < -0.3 is 5.32 Å². The third-order valence-electron chi connectivity index (χ3n) is 5.17. The standard InChI is InChI=1S/C20H23N5O2/c1-11(2)24-19-18(20(27)23-24)15(10-16(26)21-19)17-12(3)22-25(13(17)4)14-8-6-5-7-9-14/h5-9,11,15H,10H2,1-4H3,(H,21,26)(H,23,27). The lowest BCUT2D eigenvalue weighted by molar-refractivity contribution is -0.116. The van der Waals surface area contributed by atoms with Crippen LogP contribution in [0.3, 0.4) is 0 Å². The summed E-state index contributed by atoms with van der Waals surface area (Å²) in [5.41, 5.74) is 4.14. The smallest absolute Gasteiger partial charge is 0.270 e. The van der Waals surface area contributed by atoms with Gasteiger partial charge in [-0.15, -0.1) is 0 Å². The Morgan fingerprint density at radius 3 is 2.48 bits per heavy atom. The van der Waals surface area contributed by atoms with E-state index in [9.17, 15) is 9.59 Å². The molecule has 7 nitrogen and oxygen atoms in total. The molecule has 1 aromatic carbocycles. The van der Waals surface area contributed by atoms with Gasteiger partial charge in [-0.1, -0.05) is 18.2 Å². The third kappa shape index (κ3) is 2.70. The van der Waals surface area contributed by atoms with Crippen LogP contribution in [-0.4, -0.2) is 25.5 Å². The first kappa shape index (κ1) is 17.3. The number of amides is 1. The zero-order valence-electron chi connectivity index (χ0n) is 15.9. The van der Waals surface area contributed by atoms with E-state index in [-0.39, 0.29) is 29.8 Å². The molecule has 1 atom stereocenters. The first-order chi connectivity index (χ1) is 12.9. The molecule has 2 N–H and O–H groups in total. The summed E-state index contributed by atoms with van der Waals surface area (Å²) in [5, 5.41) is 10.4. The Labute approximate surface area is 157 Å². The van der Waals surface area contributed by atoms with Gasteiger partial charge in [0.15, 0.2) is 0 Å². The van der Waals surface area contributed by atoms with E-state index in [1.165, 1.54) is 0 Å². The second kappa shape index (κ2) is 6.26. The highest BCUT2D eigenvalue weighted by Crippen LogP contribution is 2.39. The molecular weight excluding hydrogens is 342 g/mol. The van der Waals surface area contributed by atoms with Crippen LogP contribution in [0.5, 0.6) is 0 Å². The maximum Gasteiger partial charge on any atom is 0.270 e. The van der Waals surface area contributed by atoms with Crippen LogP contribution in [0.2, 0.25) is 0 Å². The predicted octanol–water partition coefficient (Wildman–Crippen LogP) is 3.03. The van der Waals surface area contributed by atoms with Crippen molar-refractivity contribution in [2.24, 2.45) is 0 Å². The lowest BCUT2D eigenvalue weighted by atomic mass is 9.86. The van der Waals surface area contributed by atoms with Crippen molar-refractivity contribution in [1.29, 1.82) is 0 Å². The van der Waals surface area contributed by atoms with Crippen molar-refractivity contribution >= 4 is 11.7 Å². The Morgan fingerprint density at radius 1 is 1.11 bits per heavy atom. The molecule has 140 valence electrons. The van der Waals surface area contributed by atoms with E-state index < -0.39 is 0 Å². The largest absolute Gasteiger partial charge is 0.311 e. The van der Waals surface area contributed by atoms with Crippen molar-refractivity contribution in [3.8, 4) is 5.69 Å². The number of benzene rings is 1. The van der Waals surface area contributed by atoms with Gasteiger partial charge >= 0.3 is 0 Å². The summed E-state index contributed by atoms with van der Waals surface area (Å²) in [5.74, 6) is 0.171. The minimum Gasteiger partial charge on any atom is -0.311 e. The van der Waals surface area contributed by atoms with Crippen molar-refractivity contribution in [3.63, 3.8) is 0 Å². The summed E-state index contributed by atoms with van der Waals surface area (Å²) < 4.78 is 3.61. The van der Waals surface area contributed by atoms with Gasteiger partial charge in [-0.05, 0) is 39.8 Å². The molecule has 0 fully saturated rings. The fourth-order valence-corrected chi connectivity index (χ4v) is 4.00. The molecule has 0 saturated heterocycles. The van der Waals surface area contributed by atoms with Gasteiger partial charge in [0.2, 0.25) is 5.91 Å². The molecule has 1 aliphatic heterocycles. The van der Waals surface area contributed by atoms with Gasteiger partial charge in [-0.2, -0.15) is 5.10 Å². The molecule has 0 saturated carbocycles. The van der Waals surface area contributed by atoms with Crippen molar-refractivity contribution in [2.75, 3.05) is 5.32 Å². The average molecular weight is 365 g/mol. The molecule has 1 aliphatic rings. The number of nitrogens with one attached hydrogen (secondary N) is 2. The number of anilines is 1. The van der Waals surface area contributed by atoms with E-state index in [4.69, 9.17) is 5.10 Å². The summed E-state index contributed by atoms with van der Waals surface area (Å²) in [4.78, 5) is 25.1. The molecule has 1 unspecified atom stereocenters. The Morgan fingerprint density at radius 2 is 1.81 bits per heavy atom. The Bertz CT molecular complexity index is 1070. The quantitative estimate of drug-likeness (QED) is 0.748. The molecule has 3 aromatic rings. The Balaban J connectivity index is 1.90. The molecule has 2 aromatic heterocycles. The van der Waals surface area contributed by atoms with Gasteiger partial charge in [-0.25, -0.2) is 4.68 Å². The lowest BCUT2D eigenvalue weighted by Crippen LogP contribution is -2.27. The monoisotopic (exact) mass is 365 g/mol. The minimum atomic E-state index is -0.310. The number of hydrogen-bond donors (Lipinski definition) is 2. The van der Waals surface area contributed by atoms with Crippen LogP contribution in [0.4, 0.5) is 5.82 Å². The molecule has 0 spiro atoms. The van der Waals surface area contributed by atoms with E-state index in [0.717, 1.165) is 22.6 Å². The lowest BCUT2D eigenvalue weighted by Gasteiger charge is -2.24. The molecule has 3 heterocycles.